The lowest BCUT2D eigenvalue weighted by molar-refractivity contribution is -0.147. The molecule has 1 aromatic rings. The van der Waals surface area contributed by atoms with E-state index in [1.54, 1.807) is 31.2 Å². The molecule has 0 aromatic heterocycles. The van der Waals surface area contributed by atoms with Gasteiger partial charge < -0.3 is 24.3 Å². The van der Waals surface area contributed by atoms with E-state index in [2.05, 4.69) is 0 Å². The van der Waals surface area contributed by atoms with Crippen LogP contribution >= 0.6 is 0 Å². The predicted octanol–water partition coefficient (Wildman–Crippen LogP) is 1.33. The number of hydrogen-bond donors (Lipinski definition) is 2. The van der Waals surface area contributed by atoms with Crippen LogP contribution in [0, 0.1) is 0 Å². The highest BCUT2D eigenvalue weighted by Gasteiger charge is 2.51. The Morgan fingerprint density at radius 1 is 1.12 bits per heavy atom. The Morgan fingerprint density at radius 2 is 1.64 bits per heavy atom. The van der Waals surface area contributed by atoms with Gasteiger partial charge in [-0.2, -0.15) is 0 Å². The number of aliphatic hydroxyl groups is 2. The van der Waals surface area contributed by atoms with Crippen molar-refractivity contribution in [2.24, 2.45) is 0 Å². The number of benzene rings is 1. The van der Waals surface area contributed by atoms with Gasteiger partial charge in [-0.1, -0.05) is 24.3 Å². The van der Waals surface area contributed by atoms with Crippen molar-refractivity contribution in [3.63, 3.8) is 0 Å². The number of esters is 1. The summed E-state index contributed by atoms with van der Waals surface area (Å²) in [5.74, 6) is -0.539. The summed E-state index contributed by atoms with van der Waals surface area (Å²) in [5, 5.41) is 20.2. The summed E-state index contributed by atoms with van der Waals surface area (Å²) in [7, 11) is -0.486. The van der Waals surface area contributed by atoms with Crippen LogP contribution < -0.4 is 5.46 Å². The van der Waals surface area contributed by atoms with Gasteiger partial charge in [0.05, 0.1) is 30.3 Å². The molecule has 6 nitrogen and oxygen atoms in total. The van der Waals surface area contributed by atoms with E-state index in [0.29, 0.717) is 5.56 Å². The van der Waals surface area contributed by atoms with Crippen LogP contribution in [0.2, 0.25) is 0 Å². The highest BCUT2D eigenvalue weighted by atomic mass is 16.7. The van der Waals surface area contributed by atoms with Crippen LogP contribution in [0.1, 0.15) is 52.7 Å². The third-order valence-corrected chi connectivity index (χ3v) is 4.85. The molecule has 138 valence electrons. The fraction of sp³-hybridized carbons (Fsp3) is 0.611. The molecule has 1 saturated heterocycles. The lowest BCUT2D eigenvalue weighted by Crippen LogP contribution is -2.41. The third kappa shape index (κ3) is 4.41. The molecular weight excluding hydrogens is 323 g/mol. The van der Waals surface area contributed by atoms with Crippen LogP contribution in [0.25, 0.3) is 0 Å². The molecule has 2 atom stereocenters. The number of hydrogen-bond acceptors (Lipinski definition) is 6. The summed E-state index contributed by atoms with van der Waals surface area (Å²) in [6.45, 7) is 9.86. The lowest BCUT2D eigenvalue weighted by atomic mass is 9.78. The first-order valence-corrected chi connectivity index (χ1v) is 8.54. The molecule has 1 fully saturated rings. The molecule has 1 aromatic carbocycles. The Kier molecular flexibility index (Phi) is 5.94. The first-order chi connectivity index (χ1) is 11.6. The van der Waals surface area contributed by atoms with Gasteiger partial charge in [0, 0.05) is 0 Å². The lowest BCUT2D eigenvalue weighted by Gasteiger charge is -2.32. The van der Waals surface area contributed by atoms with Crippen LogP contribution in [0.15, 0.2) is 24.3 Å². The summed E-state index contributed by atoms with van der Waals surface area (Å²) in [4.78, 5) is 11.4. The number of aliphatic hydroxyl groups excluding tert-OH is 2. The minimum atomic E-state index is -1.22. The van der Waals surface area contributed by atoms with Crippen LogP contribution in [-0.2, 0) is 18.8 Å². The Bertz CT molecular complexity index is 582. The summed E-state index contributed by atoms with van der Waals surface area (Å²) in [6, 6.07) is 6.97. The highest BCUT2D eigenvalue weighted by Crippen LogP contribution is 2.36. The molecule has 0 amide bonds. The number of carbonyl (C=O) groups is 1. The molecule has 0 spiro atoms. The van der Waals surface area contributed by atoms with Gasteiger partial charge in [-0.25, -0.2) is 0 Å². The quantitative estimate of drug-likeness (QED) is 0.595. The van der Waals surface area contributed by atoms with Crippen molar-refractivity contribution in [1.82, 2.24) is 0 Å². The fourth-order valence-corrected chi connectivity index (χ4v) is 2.55. The molecule has 25 heavy (non-hydrogen) atoms. The molecule has 0 bridgehead atoms. The van der Waals surface area contributed by atoms with E-state index in [-0.39, 0.29) is 13.0 Å². The minimum absolute atomic E-state index is 0.241. The van der Waals surface area contributed by atoms with Gasteiger partial charge in [0.25, 0.3) is 0 Å². The van der Waals surface area contributed by atoms with Gasteiger partial charge in [0.1, 0.15) is 6.10 Å². The number of ether oxygens (including phenoxy) is 1. The summed E-state index contributed by atoms with van der Waals surface area (Å²) < 4.78 is 16.7. The SMILES string of the molecule is CCOC(=O)CC(O)C(O)c1ccc(B2OC(C)(C)C(C)(C)O2)cc1. The molecule has 0 saturated carbocycles. The zero-order chi connectivity index (χ0) is 18.8. The summed E-state index contributed by atoms with van der Waals surface area (Å²) in [5.41, 5.74) is 0.490. The van der Waals surface area contributed by atoms with E-state index in [4.69, 9.17) is 14.0 Å². The minimum Gasteiger partial charge on any atom is -0.466 e. The average molecular weight is 350 g/mol. The Hall–Kier alpha value is -1.41. The topological polar surface area (TPSA) is 85.2 Å². The predicted molar refractivity (Wildman–Crippen MR) is 94.4 cm³/mol. The van der Waals surface area contributed by atoms with Gasteiger partial charge in [0.15, 0.2) is 0 Å². The molecule has 2 rings (SSSR count). The van der Waals surface area contributed by atoms with Gasteiger partial charge in [-0.15, -0.1) is 0 Å². The first-order valence-electron chi connectivity index (χ1n) is 8.54. The van der Waals surface area contributed by atoms with Crippen molar-refractivity contribution in [2.75, 3.05) is 6.61 Å². The van der Waals surface area contributed by atoms with E-state index < -0.39 is 36.5 Å². The molecule has 7 heteroatoms. The van der Waals surface area contributed by atoms with Crippen molar-refractivity contribution in [3.8, 4) is 0 Å². The number of rotatable bonds is 6. The number of carbonyl (C=O) groups excluding carboxylic acids is 1. The molecule has 0 aliphatic carbocycles. The fourth-order valence-electron chi connectivity index (χ4n) is 2.55. The molecular formula is C18H27BO6. The smallest absolute Gasteiger partial charge is 0.466 e. The van der Waals surface area contributed by atoms with Gasteiger partial charge in [0.2, 0.25) is 0 Å². The van der Waals surface area contributed by atoms with E-state index >= 15 is 0 Å². The van der Waals surface area contributed by atoms with Crippen molar-refractivity contribution in [2.45, 2.75) is 64.4 Å². The van der Waals surface area contributed by atoms with E-state index in [0.717, 1.165) is 5.46 Å². The summed E-state index contributed by atoms with van der Waals surface area (Å²) >= 11 is 0. The van der Waals surface area contributed by atoms with Crippen LogP contribution in [0.3, 0.4) is 0 Å². The normalized spacial score (nSPS) is 21.0. The zero-order valence-corrected chi connectivity index (χ0v) is 15.5. The van der Waals surface area contributed by atoms with E-state index in [9.17, 15) is 15.0 Å². The molecule has 2 unspecified atom stereocenters. The molecule has 0 radical (unpaired) electrons. The van der Waals surface area contributed by atoms with Gasteiger partial charge >= 0.3 is 13.1 Å². The highest BCUT2D eigenvalue weighted by molar-refractivity contribution is 6.62. The van der Waals surface area contributed by atoms with Gasteiger partial charge in [-0.3, -0.25) is 4.79 Å². The van der Waals surface area contributed by atoms with Crippen LogP contribution in [0.5, 0.6) is 0 Å². The Balaban J connectivity index is 2.04. The van der Waals surface area contributed by atoms with Gasteiger partial charge in [-0.05, 0) is 45.6 Å². The maximum Gasteiger partial charge on any atom is 0.494 e. The maximum atomic E-state index is 11.4. The summed E-state index contributed by atoms with van der Waals surface area (Å²) in [6.07, 6.45) is -2.65. The first kappa shape index (κ1) is 19.9. The third-order valence-electron chi connectivity index (χ3n) is 4.85. The van der Waals surface area contributed by atoms with Crippen molar-refractivity contribution < 1.29 is 29.1 Å². The zero-order valence-electron chi connectivity index (χ0n) is 15.5. The van der Waals surface area contributed by atoms with E-state index in [1.165, 1.54) is 0 Å². The molecule has 2 N–H and O–H groups in total. The van der Waals surface area contributed by atoms with Crippen molar-refractivity contribution >= 4 is 18.6 Å². The monoisotopic (exact) mass is 350 g/mol. The molecule has 1 aliphatic rings. The van der Waals surface area contributed by atoms with Crippen molar-refractivity contribution in [3.05, 3.63) is 29.8 Å². The van der Waals surface area contributed by atoms with E-state index in [1.807, 2.05) is 27.7 Å². The van der Waals surface area contributed by atoms with Crippen LogP contribution in [0.4, 0.5) is 0 Å². The largest absolute Gasteiger partial charge is 0.494 e. The average Bonchev–Trinajstić information content (AvgIpc) is 2.75. The second kappa shape index (κ2) is 7.46. The Labute approximate surface area is 149 Å². The van der Waals surface area contributed by atoms with Crippen molar-refractivity contribution in [1.29, 1.82) is 0 Å². The Morgan fingerprint density at radius 3 is 2.12 bits per heavy atom. The molecule has 1 aliphatic heterocycles. The maximum absolute atomic E-state index is 11.4. The standard InChI is InChI=1S/C18H27BO6/c1-6-23-15(21)11-14(20)16(22)12-7-9-13(10-8-12)19-24-17(2,3)18(4,5)25-19/h7-10,14,16,20,22H,6,11H2,1-5H3. The van der Waals surface area contributed by atoms with Crippen LogP contribution in [-0.4, -0.2) is 47.2 Å². The second-order valence-electron chi connectivity index (χ2n) is 7.28. The molecule has 1 heterocycles. The second-order valence-corrected chi connectivity index (χ2v) is 7.28.